The Morgan fingerprint density at radius 3 is 2.50 bits per heavy atom. The van der Waals surface area contributed by atoms with E-state index in [4.69, 9.17) is 5.73 Å². The van der Waals surface area contributed by atoms with Gasteiger partial charge in [0, 0.05) is 31.7 Å². The predicted molar refractivity (Wildman–Crippen MR) is 74.4 cm³/mol. The Morgan fingerprint density at radius 1 is 1.44 bits per heavy atom. The largest absolute Gasteiger partial charge is 0.368 e. The summed E-state index contributed by atoms with van der Waals surface area (Å²) in [5, 5.41) is 3.04. The van der Waals surface area contributed by atoms with E-state index in [2.05, 4.69) is 36.0 Å². The minimum Gasteiger partial charge on any atom is -0.368 e. The minimum atomic E-state index is -0.604. The molecule has 3 N–H and O–H groups in total. The summed E-state index contributed by atoms with van der Waals surface area (Å²) in [5.74, 6) is -0.279. The molecule has 1 heterocycles. The molecular formula is C13H28N4O. The van der Waals surface area contributed by atoms with Gasteiger partial charge in [0.1, 0.15) is 0 Å². The molecule has 0 radical (unpaired) electrons. The van der Waals surface area contributed by atoms with Gasteiger partial charge in [-0.15, -0.1) is 0 Å². The van der Waals surface area contributed by atoms with Crippen molar-refractivity contribution in [1.29, 1.82) is 0 Å². The highest BCUT2D eigenvalue weighted by Crippen LogP contribution is 2.20. The molecule has 1 saturated heterocycles. The van der Waals surface area contributed by atoms with Crippen LogP contribution >= 0.6 is 0 Å². The van der Waals surface area contributed by atoms with Crippen LogP contribution < -0.4 is 11.1 Å². The first-order chi connectivity index (χ1) is 8.21. The van der Waals surface area contributed by atoms with Gasteiger partial charge in [-0.2, -0.15) is 0 Å². The van der Waals surface area contributed by atoms with Crippen molar-refractivity contribution in [2.75, 3.05) is 40.3 Å². The second-order valence-corrected chi connectivity index (χ2v) is 6.21. The molecule has 5 nitrogen and oxygen atoms in total. The van der Waals surface area contributed by atoms with Crippen LogP contribution in [0.5, 0.6) is 0 Å². The van der Waals surface area contributed by atoms with Crippen LogP contribution in [0.3, 0.4) is 0 Å². The number of nitrogens with two attached hydrogens (primary N) is 1. The lowest BCUT2D eigenvalue weighted by Gasteiger charge is -2.46. The molecule has 0 bridgehead atoms. The van der Waals surface area contributed by atoms with Gasteiger partial charge in [-0.3, -0.25) is 9.69 Å². The number of hydrogen-bond acceptors (Lipinski definition) is 4. The van der Waals surface area contributed by atoms with Crippen LogP contribution in [0.25, 0.3) is 0 Å². The highest BCUT2D eigenvalue weighted by Gasteiger charge is 2.33. The van der Waals surface area contributed by atoms with E-state index in [-0.39, 0.29) is 11.4 Å². The monoisotopic (exact) mass is 256 g/mol. The van der Waals surface area contributed by atoms with E-state index < -0.39 is 5.54 Å². The summed E-state index contributed by atoms with van der Waals surface area (Å²) in [4.78, 5) is 16.2. The second-order valence-electron chi connectivity index (χ2n) is 6.21. The third-order valence-corrected chi connectivity index (χ3v) is 4.42. The first-order valence-corrected chi connectivity index (χ1v) is 6.64. The predicted octanol–water partition coefficient (Wildman–Crippen LogP) is -0.134. The molecule has 0 aromatic rings. The maximum Gasteiger partial charge on any atom is 0.237 e. The number of piperazine rings is 1. The van der Waals surface area contributed by atoms with Gasteiger partial charge in [0.2, 0.25) is 5.91 Å². The number of nitrogens with zero attached hydrogens (tertiary/aromatic N) is 2. The first-order valence-electron chi connectivity index (χ1n) is 6.64. The number of carbonyl (C=O) groups excluding carboxylic acids is 1. The SMILES string of the molecule is CNC(C)(CCN1CCN(C)C(C)(C)C1)C(N)=O. The highest BCUT2D eigenvalue weighted by atomic mass is 16.1. The van der Waals surface area contributed by atoms with Crippen molar-refractivity contribution in [1.82, 2.24) is 15.1 Å². The number of amides is 1. The topological polar surface area (TPSA) is 61.6 Å². The third-order valence-electron chi connectivity index (χ3n) is 4.42. The maximum absolute atomic E-state index is 11.4. The zero-order valence-corrected chi connectivity index (χ0v) is 12.4. The van der Waals surface area contributed by atoms with E-state index in [1.54, 1.807) is 7.05 Å². The van der Waals surface area contributed by atoms with Crippen molar-refractivity contribution >= 4 is 5.91 Å². The molecule has 106 valence electrons. The molecule has 1 aliphatic heterocycles. The number of hydrogen-bond donors (Lipinski definition) is 2. The lowest BCUT2D eigenvalue weighted by molar-refractivity contribution is -0.124. The van der Waals surface area contributed by atoms with Crippen molar-refractivity contribution in [2.24, 2.45) is 5.73 Å². The van der Waals surface area contributed by atoms with Crippen LogP contribution in [0.4, 0.5) is 0 Å². The summed E-state index contributed by atoms with van der Waals surface area (Å²) in [7, 11) is 3.96. The molecule has 1 atom stereocenters. The number of likely N-dealkylation sites (N-methyl/N-ethyl adjacent to an activating group) is 2. The van der Waals surface area contributed by atoms with E-state index in [1.807, 2.05) is 6.92 Å². The minimum absolute atomic E-state index is 0.195. The van der Waals surface area contributed by atoms with Crippen LogP contribution in [0.1, 0.15) is 27.2 Å². The Balaban J connectivity index is 2.52. The smallest absolute Gasteiger partial charge is 0.237 e. The molecule has 5 heteroatoms. The number of primary amides is 1. The number of rotatable bonds is 5. The fourth-order valence-corrected chi connectivity index (χ4v) is 2.29. The van der Waals surface area contributed by atoms with Crippen LogP contribution in [0, 0.1) is 0 Å². The zero-order valence-electron chi connectivity index (χ0n) is 12.4. The van der Waals surface area contributed by atoms with Crippen LogP contribution in [-0.4, -0.2) is 67.1 Å². The molecule has 1 amide bonds. The molecule has 1 unspecified atom stereocenters. The molecule has 0 aromatic carbocycles. The van der Waals surface area contributed by atoms with Gasteiger partial charge in [0.15, 0.2) is 0 Å². The Hall–Kier alpha value is -0.650. The molecule has 0 saturated carbocycles. The molecule has 1 fully saturated rings. The second kappa shape index (κ2) is 5.55. The molecule has 0 aliphatic carbocycles. The van der Waals surface area contributed by atoms with Gasteiger partial charge in [-0.25, -0.2) is 0 Å². The fraction of sp³-hybridized carbons (Fsp3) is 0.923. The standard InChI is InChI=1S/C13H28N4O/c1-12(2)10-17(9-8-16(12)5)7-6-13(3,15-4)11(14)18/h15H,6-10H2,1-5H3,(H2,14,18). The molecule has 0 aromatic heterocycles. The summed E-state index contributed by atoms with van der Waals surface area (Å²) in [6.07, 6.45) is 0.749. The van der Waals surface area contributed by atoms with E-state index in [0.717, 1.165) is 32.6 Å². The van der Waals surface area contributed by atoms with Gasteiger partial charge in [-0.05, 0) is 41.3 Å². The summed E-state index contributed by atoms with van der Waals surface area (Å²) in [6.45, 7) is 10.4. The van der Waals surface area contributed by atoms with Gasteiger partial charge in [-0.1, -0.05) is 0 Å². The van der Waals surface area contributed by atoms with E-state index in [1.165, 1.54) is 0 Å². The highest BCUT2D eigenvalue weighted by molar-refractivity contribution is 5.84. The zero-order chi connectivity index (χ0) is 14.0. The van der Waals surface area contributed by atoms with Crippen molar-refractivity contribution in [3.63, 3.8) is 0 Å². The van der Waals surface area contributed by atoms with Crippen molar-refractivity contribution in [3.8, 4) is 0 Å². The average Bonchev–Trinajstić information content (AvgIpc) is 2.29. The lowest BCUT2D eigenvalue weighted by Crippen LogP contribution is -2.59. The van der Waals surface area contributed by atoms with E-state index in [9.17, 15) is 4.79 Å². The first kappa shape index (κ1) is 15.4. The van der Waals surface area contributed by atoms with Gasteiger partial charge in [0.25, 0.3) is 0 Å². The Morgan fingerprint density at radius 2 is 2.06 bits per heavy atom. The van der Waals surface area contributed by atoms with Crippen molar-refractivity contribution < 1.29 is 4.79 Å². The summed E-state index contributed by atoms with van der Waals surface area (Å²) in [5.41, 5.74) is 5.04. The molecule has 0 spiro atoms. The van der Waals surface area contributed by atoms with Crippen LogP contribution in [0.15, 0.2) is 0 Å². The van der Waals surface area contributed by atoms with Crippen LogP contribution in [-0.2, 0) is 4.79 Å². The van der Waals surface area contributed by atoms with Crippen LogP contribution in [0.2, 0.25) is 0 Å². The molecule has 1 aliphatic rings. The van der Waals surface area contributed by atoms with Gasteiger partial charge >= 0.3 is 0 Å². The summed E-state index contributed by atoms with van der Waals surface area (Å²) in [6, 6.07) is 0. The Labute approximate surface area is 111 Å². The third kappa shape index (κ3) is 3.43. The summed E-state index contributed by atoms with van der Waals surface area (Å²) >= 11 is 0. The van der Waals surface area contributed by atoms with Crippen molar-refractivity contribution in [2.45, 2.75) is 38.3 Å². The normalized spacial score (nSPS) is 24.7. The Bertz CT molecular complexity index is 305. The molecular weight excluding hydrogens is 228 g/mol. The van der Waals surface area contributed by atoms with Crippen molar-refractivity contribution in [3.05, 3.63) is 0 Å². The number of carbonyl (C=O) groups is 1. The maximum atomic E-state index is 11.4. The lowest BCUT2D eigenvalue weighted by atomic mass is 9.95. The van der Waals surface area contributed by atoms with Gasteiger partial charge < -0.3 is 16.0 Å². The Kier molecular flexibility index (Phi) is 4.75. The molecule has 1 rings (SSSR count). The van der Waals surface area contributed by atoms with Gasteiger partial charge in [0.05, 0.1) is 5.54 Å². The quantitative estimate of drug-likeness (QED) is 0.719. The number of nitrogens with one attached hydrogen (secondary N) is 1. The van der Waals surface area contributed by atoms with E-state index >= 15 is 0 Å². The van der Waals surface area contributed by atoms with E-state index in [0.29, 0.717) is 0 Å². The summed E-state index contributed by atoms with van der Waals surface area (Å²) < 4.78 is 0. The average molecular weight is 256 g/mol. The molecule has 18 heavy (non-hydrogen) atoms. The fourth-order valence-electron chi connectivity index (χ4n) is 2.29.